The fourth-order valence-electron chi connectivity index (χ4n) is 3.21. The standard InChI is InChI=1S/C19H23N/c1-13-10-15(3)17(11-14(13)2)12-20-19-9-8-16-6-4-5-7-18(16)19/h4-7,10-11,19-20H,8-9,12H2,1-3H3. The van der Waals surface area contributed by atoms with E-state index >= 15 is 0 Å². The minimum Gasteiger partial charge on any atom is -0.306 e. The van der Waals surface area contributed by atoms with Gasteiger partial charge >= 0.3 is 0 Å². The van der Waals surface area contributed by atoms with Crippen molar-refractivity contribution in [1.29, 1.82) is 0 Å². The molecule has 1 aliphatic rings. The SMILES string of the molecule is Cc1cc(C)c(CNC2CCc3ccccc32)cc1C. The second-order valence-corrected chi connectivity index (χ2v) is 6.03. The maximum absolute atomic E-state index is 3.74. The van der Waals surface area contributed by atoms with Crippen LogP contribution in [0.3, 0.4) is 0 Å². The maximum atomic E-state index is 3.74. The second-order valence-electron chi connectivity index (χ2n) is 6.03. The number of hydrogen-bond donors (Lipinski definition) is 1. The van der Waals surface area contributed by atoms with Crippen LogP contribution in [0, 0.1) is 20.8 Å². The lowest BCUT2D eigenvalue weighted by atomic mass is 10.0. The highest BCUT2D eigenvalue weighted by Crippen LogP contribution is 2.31. The first kappa shape index (κ1) is 13.4. The van der Waals surface area contributed by atoms with Crippen LogP contribution in [0.25, 0.3) is 0 Å². The summed E-state index contributed by atoms with van der Waals surface area (Å²) in [4.78, 5) is 0. The highest BCUT2D eigenvalue weighted by Gasteiger charge is 2.21. The van der Waals surface area contributed by atoms with E-state index in [1.807, 2.05) is 0 Å². The van der Waals surface area contributed by atoms with Gasteiger partial charge in [0, 0.05) is 12.6 Å². The van der Waals surface area contributed by atoms with Gasteiger partial charge in [-0.1, -0.05) is 36.4 Å². The van der Waals surface area contributed by atoms with Gasteiger partial charge in [-0.05, 0) is 67.0 Å². The molecule has 3 rings (SSSR count). The normalized spacial score (nSPS) is 17.2. The van der Waals surface area contributed by atoms with Crippen molar-refractivity contribution in [2.75, 3.05) is 0 Å². The van der Waals surface area contributed by atoms with Gasteiger partial charge in [0.25, 0.3) is 0 Å². The Labute approximate surface area is 122 Å². The molecule has 20 heavy (non-hydrogen) atoms. The van der Waals surface area contributed by atoms with Gasteiger partial charge in [0.05, 0.1) is 0 Å². The number of benzene rings is 2. The largest absolute Gasteiger partial charge is 0.306 e. The van der Waals surface area contributed by atoms with E-state index in [2.05, 4.69) is 62.5 Å². The molecule has 2 aromatic rings. The highest BCUT2D eigenvalue weighted by atomic mass is 14.9. The van der Waals surface area contributed by atoms with Crippen molar-refractivity contribution in [3.63, 3.8) is 0 Å². The summed E-state index contributed by atoms with van der Waals surface area (Å²) in [7, 11) is 0. The summed E-state index contributed by atoms with van der Waals surface area (Å²) in [5.41, 5.74) is 8.61. The molecular formula is C19H23N. The van der Waals surface area contributed by atoms with Crippen LogP contribution in [0.5, 0.6) is 0 Å². The van der Waals surface area contributed by atoms with E-state index in [1.54, 1.807) is 0 Å². The molecule has 0 heterocycles. The van der Waals surface area contributed by atoms with Crippen molar-refractivity contribution in [2.45, 2.75) is 46.2 Å². The lowest BCUT2D eigenvalue weighted by Gasteiger charge is -2.16. The van der Waals surface area contributed by atoms with Crippen LogP contribution in [-0.4, -0.2) is 0 Å². The van der Waals surface area contributed by atoms with Crippen LogP contribution in [-0.2, 0) is 13.0 Å². The molecule has 1 heteroatoms. The summed E-state index contributed by atoms with van der Waals surface area (Å²) >= 11 is 0. The zero-order chi connectivity index (χ0) is 14.1. The number of hydrogen-bond acceptors (Lipinski definition) is 1. The third-order valence-corrected chi connectivity index (χ3v) is 4.62. The molecule has 1 atom stereocenters. The third kappa shape index (κ3) is 2.51. The zero-order valence-electron chi connectivity index (χ0n) is 12.7. The average Bonchev–Trinajstić information content (AvgIpc) is 2.85. The predicted octanol–water partition coefficient (Wildman–Crippen LogP) is 4.39. The van der Waals surface area contributed by atoms with E-state index in [9.17, 15) is 0 Å². The smallest absolute Gasteiger partial charge is 0.0329 e. The first-order valence-corrected chi connectivity index (χ1v) is 7.53. The van der Waals surface area contributed by atoms with Gasteiger partial charge < -0.3 is 5.32 Å². The van der Waals surface area contributed by atoms with Gasteiger partial charge in [-0.3, -0.25) is 0 Å². The van der Waals surface area contributed by atoms with E-state index in [0.29, 0.717) is 6.04 Å². The predicted molar refractivity (Wildman–Crippen MR) is 85.0 cm³/mol. The van der Waals surface area contributed by atoms with Crippen molar-refractivity contribution >= 4 is 0 Å². The van der Waals surface area contributed by atoms with Crippen LogP contribution in [0.4, 0.5) is 0 Å². The number of fused-ring (bicyclic) bond motifs is 1. The summed E-state index contributed by atoms with van der Waals surface area (Å²) in [6, 6.07) is 14.0. The lowest BCUT2D eigenvalue weighted by molar-refractivity contribution is 0.529. The van der Waals surface area contributed by atoms with Gasteiger partial charge in [-0.2, -0.15) is 0 Å². The Bertz CT molecular complexity index is 628. The molecule has 0 bridgehead atoms. The fraction of sp³-hybridized carbons (Fsp3) is 0.368. The van der Waals surface area contributed by atoms with E-state index in [4.69, 9.17) is 0 Å². The summed E-state index contributed by atoms with van der Waals surface area (Å²) in [5.74, 6) is 0. The fourth-order valence-corrected chi connectivity index (χ4v) is 3.21. The Morgan fingerprint density at radius 1 is 1.00 bits per heavy atom. The zero-order valence-corrected chi connectivity index (χ0v) is 12.7. The molecular weight excluding hydrogens is 242 g/mol. The molecule has 1 aliphatic carbocycles. The van der Waals surface area contributed by atoms with E-state index in [0.717, 1.165) is 6.54 Å². The molecule has 0 spiro atoms. The van der Waals surface area contributed by atoms with Gasteiger partial charge in [0.15, 0.2) is 0 Å². The van der Waals surface area contributed by atoms with Gasteiger partial charge in [-0.15, -0.1) is 0 Å². The van der Waals surface area contributed by atoms with Crippen molar-refractivity contribution in [1.82, 2.24) is 5.32 Å². The molecule has 1 nitrogen and oxygen atoms in total. The van der Waals surface area contributed by atoms with E-state index < -0.39 is 0 Å². The number of aryl methyl sites for hydroxylation is 4. The van der Waals surface area contributed by atoms with Crippen LogP contribution < -0.4 is 5.32 Å². The number of rotatable bonds is 3. The van der Waals surface area contributed by atoms with Crippen molar-refractivity contribution in [2.24, 2.45) is 0 Å². The molecule has 1 N–H and O–H groups in total. The summed E-state index contributed by atoms with van der Waals surface area (Å²) in [6.07, 6.45) is 2.43. The average molecular weight is 265 g/mol. The van der Waals surface area contributed by atoms with Crippen LogP contribution >= 0.6 is 0 Å². The molecule has 2 aromatic carbocycles. The van der Waals surface area contributed by atoms with Gasteiger partial charge in [-0.25, -0.2) is 0 Å². The Kier molecular flexibility index (Phi) is 3.62. The summed E-state index contributed by atoms with van der Waals surface area (Å²) in [6.45, 7) is 7.56. The molecule has 0 saturated carbocycles. The molecule has 1 unspecified atom stereocenters. The number of nitrogens with one attached hydrogen (secondary N) is 1. The van der Waals surface area contributed by atoms with Crippen LogP contribution in [0.15, 0.2) is 36.4 Å². The van der Waals surface area contributed by atoms with Crippen molar-refractivity contribution in [3.05, 3.63) is 69.8 Å². The van der Waals surface area contributed by atoms with E-state index in [1.165, 1.54) is 46.2 Å². The van der Waals surface area contributed by atoms with Crippen LogP contribution in [0.1, 0.15) is 45.8 Å². The van der Waals surface area contributed by atoms with E-state index in [-0.39, 0.29) is 0 Å². The molecule has 0 fully saturated rings. The molecule has 0 saturated heterocycles. The Morgan fingerprint density at radius 2 is 1.75 bits per heavy atom. The van der Waals surface area contributed by atoms with Gasteiger partial charge in [0.2, 0.25) is 0 Å². The molecule has 0 aliphatic heterocycles. The lowest BCUT2D eigenvalue weighted by Crippen LogP contribution is -2.19. The minimum atomic E-state index is 0.521. The first-order chi connectivity index (χ1) is 9.65. The topological polar surface area (TPSA) is 12.0 Å². The maximum Gasteiger partial charge on any atom is 0.0329 e. The Morgan fingerprint density at radius 3 is 2.60 bits per heavy atom. The van der Waals surface area contributed by atoms with Crippen LogP contribution in [0.2, 0.25) is 0 Å². The Hall–Kier alpha value is -1.60. The van der Waals surface area contributed by atoms with Crippen molar-refractivity contribution < 1.29 is 0 Å². The first-order valence-electron chi connectivity index (χ1n) is 7.53. The summed E-state index contributed by atoms with van der Waals surface area (Å²) in [5, 5.41) is 3.74. The molecule has 0 aromatic heterocycles. The minimum absolute atomic E-state index is 0.521. The van der Waals surface area contributed by atoms with Gasteiger partial charge in [0.1, 0.15) is 0 Å². The Balaban J connectivity index is 1.74. The molecule has 104 valence electrons. The third-order valence-electron chi connectivity index (χ3n) is 4.62. The quantitative estimate of drug-likeness (QED) is 0.868. The molecule has 0 amide bonds. The van der Waals surface area contributed by atoms with Crippen molar-refractivity contribution in [3.8, 4) is 0 Å². The monoisotopic (exact) mass is 265 g/mol. The second kappa shape index (κ2) is 5.41. The summed E-state index contributed by atoms with van der Waals surface area (Å²) < 4.78 is 0. The molecule has 0 radical (unpaired) electrons. The highest BCUT2D eigenvalue weighted by molar-refractivity contribution is 5.37.